The van der Waals surface area contributed by atoms with Gasteiger partial charge in [0.15, 0.2) is 0 Å². The zero-order valence-corrected chi connectivity index (χ0v) is 13.0. The first-order valence-corrected chi connectivity index (χ1v) is 8.01. The molecule has 1 saturated heterocycles. The molecule has 0 atom stereocenters. The van der Waals surface area contributed by atoms with Gasteiger partial charge >= 0.3 is 0 Å². The third-order valence-electron chi connectivity index (χ3n) is 3.91. The Morgan fingerprint density at radius 2 is 1.86 bits per heavy atom. The van der Waals surface area contributed by atoms with E-state index in [0.29, 0.717) is 12.3 Å². The molecule has 1 aliphatic heterocycles. The molecule has 1 heterocycles. The van der Waals surface area contributed by atoms with E-state index in [-0.39, 0.29) is 0 Å². The Labute approximate surface area is 128 Å². The van der Waals surface area contributed by atoms with Crippen LogP contribution in [0.25, 0.3) is 6.08 Å². The van der Waals surface area contributed by atoms with Crippen LogP contribution in [0.15, 0.2) is 36.4 Å². The Morgan fingerprint density at radius 1 is 1.14 bits per heavy atom. The van der Waals surface area contributed by atoms with Crippen LogP contribution >= 0.6 is 0 Å². The minimum atomic E-state index is 0.320. The maximum atomic E-state index is 11.8. The van der Waals surface area contributed by atoms with E-state index in [1.54, 1.807) is 0 Å². The van der Waals surface area contributed by atoms with Crippen molar-refractivity contribution in [1.82, 2.24) is 9.80 Å². The summed E-state index contributed by atoms with van der Waals surface area (Å²) in [5, 5.41) is 0. The maximum absolute atomic E-state index is 11.8. The molecular formula is C18H26N2O. The van der Waals surface area contributed by atoms with Crippen LogP contribution in [-0.2, 0) is 4.79 Å². The van der Waals surface area contributed by atoms with Crippen molar-refractivity contribution in [2.45, 2.75) is 26.2 Å². The summed E-state index contributed by atoms with van der Waals surface area (Å²) < 4.78 is 0. The molecule has 1 aromatic rings. The van der Waals surface area contributed by atoms with Gasteiger partial charge in [-0.15, -0.1) is 0 Å². The summed E-state index contributed by atoms with van der Waals surface area (Å²) in [5.41, 5.74) is 1.26. The molecule has 0 unspecified atom stereocenters. The molecule has 0 spiro atoms. The van der Waals surface area contributed by atoms with Crippen LogP contribution < -0.4 is 0 Å². The smallest absolute Gasteiger partial charge is 0.222 e. The van der Waals surface area contributed by atoms with Crippen LogP contribution in [0.4, 0.5) is 0 Å². The fraction of sp³-hybridized carbons (Fsp3) is 0.500. The first-order chi connectivity index (χ1) is 10.3. The number of carbonyl (C=O) groups excluding carboxylic acids is 1. The summed E-state index contributed by atoms with van der Waals surface area (Å²) in [7, 11) is 0. The van der Waals surface area contributed by atoms with Crippen molar-refractivity contribution in [2.24, 2.45) is 0 Å². The largest absolute Gasteiger partial charge is 0.340 e. The van der Waals surface area contributed by atoms with Gasteiger partial charge in [0.1, 0.15) is 0 Å². The van der Waals surface area contributed by atoms with Gasteiger partial charge in [0.05, 0.1) is 0 Å². The van der Waals surface area contributed by atoms with Crippen molar-refractivity contribution in [3.05, 3.63) is 42.0 Å². The van der Waals surface area contributed by atoms with Gasteiger partial charge in [0.2, 0.25) is 5.91 Å². The van der Waals surface area contributed by atoms with Crippen molar-refractivity contribution in [2.75, 3.05) is 32.7 Å². The predicted molar refractivity (Wildman–Crippen MR) is 88.0 cm³/mol. The number of amides is 1. The topological polar surface area (TPSA) is 23.6 Å². The standard InChI is InChI=1S/C18H26N2O/c1-2-8-18(21)20-15-13-19(14-16-20)12-7-6-11-17-9-4-3-5-10-17/h3-6,9-11H,2,7-8,12-16H2,1H3/b11-6+. The predicted octanol–water partition coefficient (Wildman–Crippen LogP) is 3.03. The third kappa shape index (κ3) is 5.35. The lowest BCUT2D eigenvalue weighted by Crippen LogP contribution is -2.48. The second-order valence-electron chi connectivity index (χ2n) is 5.57. The van der Waals surface area contributed by atoms with Gasteiger partial charge in [0.25, 0.3) is 0 Å². The summed E-state index contributed by atoms with van der Waals surface area (Å²) >= 11 is 0. The highest BCUT2D eigenvalue weighted by Gasteiger charge is 2.19. The van der Waals surface area contributed by atoms with Gasteiger partial charge in [-0.2, -0.15) is 0 Å². The van der Waals surface area contributed by atoms with Crippen molar-refractivity contribution in [3.8, 4) is 0 Å². The average molecular weight is 286 g/mol. The highest BCUT2D eigenvalue weighted by molar-refractivity contribution is 5.76. The lowest BCUT2D eigenvalue weighted by Gasteiger charge is -2.34. The molecule has 1 aromatic carbocycles. The lowest BCUT2D eigenvalue weighted by atomic mass is 10.2. The van der Waals surface area contributed by atoms with Crippen LogP contribution in [0.5, 0.6) is 0 Å². The van der Waals surface area contributed by atoms with E-state index in [9.17, 15) is 4.79 Å². The monoisotopic (exact) mass is 286 g/mol. The Hall–Kier alpha value is -1.61. The first kappa shape index (κ1) is 15.8. The quantitative estimate of drug-likeness (QED) is 0.802. The van der Waals surface area contributed by atoms with Gasteiger partial charge in [0, 0.05) is 39.1 Å². The summed E-state index contributed by atoms with van der Waals surface area (Å²) in [4.78, 5) is 16.3. The average Bonchev–Trinajstić information content (AvgIpc) is 2.53. The Balaban J connectivity index is 1.65. The van der Waals surface area contributed by atoms with Gasteiger partial charge in [-0.1, -0.05) is 49.4 Å². The Morgan fingerprint density at radius 3 is 2.52 bits per heavy atom. The van der Waals surface area contributed by atoms with E-state index in [2.05, 4.69) is 48.2 Å². The number of hydrogen-bond acceptors (Lipinski definition) is 2. The molecule has 1 fully saturated rings. The molecule has 3 heteroatoms. The van der Waals surface area contributed by atoms with Crippen molar-refractivity contribution in [3.63, 3.8) is 0 Å². The van der Waals surface area contributed by atoms with Crippen LogP contribution in [0.2, 0.25) is 0 Å². The van der Waals surface area contributed by atoms with E-state index >= 15 is 0 Å². The Kier molecular flexibility index (Phi) is 6.48. The zero-order chi connectivity index (χ0) is 14.9. The van der Waals surface area contributed by atoms with Crippen LogP contribution in [0.1, 0.15) is 31.7 Å². The van der Waals surface area contributed by atoms with Crippen LogP contribution in [0, 0.1) is 0 Å². The number of rotatable bonds is 6. The minimum Gasteiger partial charge on any atom is -0.340 e. The molecule has 1 aliphatic rings. The fourth-order valence-corrected chi connectivity index (χ4v) is 2.63. The van der Waals surface area contributed by atoms with E-state index in [1.165, 1.54) is 5.56 Å². The second kappa shape index (κ2) is 8.63. The number of hydrogen-bond donors (Lipinski definition) is 0. The van der Waals surface area contributed by atoms with Gasteiger partial charge in [-0.3, -0.25) is 9.69 Å². The minimum absolute atomic E-state index is 0.320. The molecular weight excluding hydrogens is 260 g/mol. The molecule has 2 rings (SSSR count). The molecule has 21 heavy (non-hydrogen) atoms. The molecule has 3 nitrogen and oxygen atoms in total. The van der Waals surface area contributed by atoms with E-state index in [0.717, 1.165) is 45.6 Å². The molecule has 0 radical (unpaired) electrons. The van der Waals surface area contributed by atoms with Crippen molar-refractivity contribution < 1.29 is 4.79 Å². The van der Waals surface area contributed by atoms with Crippen molar-refractivity contribution >= 4 is 12.0 Å². The summed E-state index contributed by atoms with van der Waals surface area (Å²) in [6.07, 6.45) is 7.13. The summed E-state index contributed by atoms with van der Waals surface area (Å²) in [6, 6.07) is 10.4. The molecule has 0 aliphatic carbocycles. The van der Waals surface area contributed by atoms with Crippen molar-refractivity contribution in [1.29, 1.82) is 0 Å². The third-order valence-corrected chi connectivity index (χ3v) is 3.91. The van der Waals surface area contributed by atoms with Crippen LogP contribution in [-0.4, -0.2) is 48.4 Å². The fourth-order valence-electron chi connectivity index (χ4n) is 2.63. The zero-order valence-electron chi connectivity index (χ0n) is 13.0. The molecule has 0 bridgehead atoms. The van der Waals surface area contributed by atoms with E-state index in [4.69, 9.17) is 0 Å². The SMILES string of the molecule is CCCC(=O)N1CCN(CC/C=C/c2ccccc2)CC1. The van der Waals surface area contributed by atoms with E-state index < -0.39 is 0 Å². The number of benzene rings is 1. The normalized spacial score (nSPS) is 16.5. The van der Waals surface area contributed by atoms with Gasteiger partial charge < -0.3 is 4.90 Å². The summed E-state index contributed by atoms with van der Waals surface area (Å²) in [5.74, 6) is 0.320. The van der Waals surface area contributed by atoms with Gasteiger partial charge in [-0.05, 0) is 18.4 Å². The van der Waals surface area contributed by atoms with Crippen LogP contribution in [0.3, 0.4) is 0 Å². The molecule has 114 valence electrons. The number of nitrogens with zero attached hydrogens (tertiary/aromatic N) is 2. The first-order valence-electron chi connectivity index (χ1n) is 8.01. The van der Waals surface area contributed by atoms with Gasteiger partial charge in [-0.25, -0.2) is 0 Å². The highest BCUT2D eigenvalue weighted by atomic mass is 16.2. The Bertz CT molecular complexity index is 448. The molecule has 0 aromatic heterocycles. The molecule has 1 amide bonds. The lowest BCUT2D eigenvalue weighted by molar-refractivity contribution is -0.132. The maximum Gasteiger partial charge on any atom is 0.222 e. The molecule has 0 saturated carbocycles. The van der Waals surface area contributed by atoms with E-state index in [1.807, 2.05) is 11.0 Å². The summed E-state index contributed by atoms with van der Waals surface area (Å²) in [6.45, 7) is 6.94. The molecule has 0 N–H and O–H groups in total. The highest BCUT2D eigenvalue weighted by Crippen LogP contribution is 2.07. The number of carbonyl (C=O) groups is 1. The number of piperazine rings is 1. The second-order valence-corrected chi connectivity index (χ2v) is 5.57.